The van der Waals surface area contributed by atoms with E-state index in [2.05, 4.69) is 10.6 Å². The summed E-state index contributed by atoms with van der Waals surface area (Å²) < 4.78 is 0. The molecule has 1 aliphatic rings. The Kier molecular flexibility index (Phi) is 8.43. The van der Waals surface area contributed by atoms with E-state index in [-0.39, 0.29) is 18.4 Å². The van der Waals surface area contributed by atoms with Gasteiger partial charge in [0, 0.05) is 37.6 Å². The van der Waals surface area contributed by atoms with E-state index >= 15 is 0 Å². The number of hydrogen-bond acceptors (Lipinski definition) is 4. The summed E-state index contributed by atoms with van der Waals surface area (Å²) in [5.74, 6) is -0.781. The SMILES string of the molecule is CCC(C(=O)O)N1CCCN(C(=O)Cc2ccc(NC(=O)Nc3ccccc3C)cc2)CC1. The van der Waals surface area contributed by atoms with Crippen LogP contribution in [-0.4, -0.2) is 65.0 Å². The number of hydrogen-bond donors (Lipinski definition) is 3. The lowest BCUT2D eigenvalue weighted by Gasteiger charge is -2.26. The molecule has 3 amide bonds. The van der Waals surface area contributed by atoms with Crippen LogP contribution < -0.4 is 10.6 Å². The molecule has 0 aliphatic carbocycles. The number of urea groups is 1. The molecule has 176 valence electrons. The number of amides is 3. The van der Waals surface area contributed by atoms with E-state index in [1.165, 1.54) is 0 Å². The van der Waals surface area contributed by atoms with Crippen LogP contribution in [0.5, 0.6) is 0 Å². The number of carbonyl (C=O) groups excluding carboxylic acids is 2. The van der Waals surface area contributed by atoms with Gasteiger partial charge in [-0.15, -0.1) is 0 Å². The number of nitrogens with zero attached hydrogens (tertiary/aromatic N) is 2. The van der Waals surface area contributed by atoms with E-state index < -0.39 is 12.0 Å². The Morgan fingerprint density at radius 1 is 0.970 bits per heavy atom. The molecule has 0 spiro atoms. The van der Waals surface area contributed by atoms with Gasteiger partial charge in [-0.3, -0.25) is 14.5 Å². The van der Waals surface area contributed by atoms with Gasteiger partial charge < -0.3 is 20.6 Å². The van der Waals surface area contributed by atoms with E-state index in [1.54, 1.807) is 12.1 Å². The van der Waals surface area contributed by atoms with Gasteiger partial charge in [0.1, 0.15) is 6.04 Å². The Morgan fingerprint density at radius 2 is 1.70 bits per heavy atom. The van der Waals surface area contributed by atoms with Crippen molar-refractivity contribution in [1.29, 1.82) is 0 Å². The van der Waals surface area contributed by atoms with E-state index in [9.17, 15) is 19.5 Å². The molecule has 1 aliphatic heterocycles. The third kappa shape index (κ3) is 6.79. The molecule has 2 aromatic carbocycles. The van der Waals surface area contributed by atoms with Crippen LogP contribution in [0, 0.1) is 6.92 Å². The van der Waals surface area contributed by atoms with Gasteiger partial charge in [0.2, 0.25) is 5.91 Å². The molecule has 1 atom stereocenters. The molecule has 0 saturated carbocycles. The Hall–Kier alpha value is -3.39. The first-order valence-electron chi connectivity index (χ1n) is 11.3. The van der Waals surface area contributed by atoms with Crippen LogP contribution in [-0.2, 0) is 16.0 Å². The number of benzene rings is 2. The van der Waals surface area contributed by atoms with E-state index in [0.29, 0.717) is 38.3 Å². The Labute approximate surface area is 194 Å². The summed E-state index contributed by atoms with van der Waals surface area (Å²) in [5, 5.41) is 15.0. The highest BCUT2D eigenvalue weighted by molar-refractivity contribution is 6.00. The highest BCUT2D eigenvalue weighted by Gasteiger charge is 2.27. The van der Waals surface area contributed by atoms with Crippen molar-refractivity contribution in [1.82, 2.24) is 9.80 Å². The zero-order valence-electron chi connectivity index (χ0n) is 19.2. The summed E-state index contributed by atoms with van der Waals surface area (Å²) in [4.78, 5) is 40.3. The summed E-state index contributed by atoms with van der Waals surface area (Å²) in [6, 6.07) is 14.0. The first kappa shape index (κ1) is 24.3. The number of aryl methyl sites for hydroxylation is 1. The van der Waals surface area contributed by atoms with E-state index in [0.717, 1.165) is 23.2 Å². The quantitative estimate of drug-likeness (QED) is 0.596. The van der Waals surface area contributed by atoms with Crippen LogP contribution >= 0.6 is 0 Å². The molecule has 1 unspecified atom stereocenters. The van der Waals surface area contributed by atoms with Crippen molar-refractivity contribution in [3.8, 4) is 0 Å². The standard InChI is InChI=1S/C25H32N4O4/c1-3-22(24(31)32)28-13-6-14-29(16-15-28)23(30)17-19-9-11-20(12-10-19)26-25(33)27-21-8-5-4-7-18(21)2/h4-5,7-12,22H,3,6,13-17H2,1-2H3,(H,31,32)(H2,26,27,33). The maximum atomic E-state index is 12.8. The number of aliphatic carboxylic acids is 1. The fourth-order valence-electron chi connectivity index (χ4n) is 4.08. The minimum Gasteiger partial charge on any atom is -0.480 e. The van der Waals surface area contributed by atoms with Crippen molar-refractivity contribution < 1.29 is 19.5 Å². The molecule has 2 aromatic rings. The van der Waals surface area contributed by atoms with Crippen molar-refractivity contribution in [3.63, 3.8) is 0 Å². The summed E-state index contributed by atoms with van der Waals surface area (Å²) >= 11 is 0. The molecule has 0 radical (unpaired) electrons. The maximum Gasteiger partial charge on any atom is 0.323 e. The van der Waals surface area contributed by atoms with E-state index in [1.807, 2.05) is 60.0 Å². The van der Waals surface area contributed by atoms with Gasteiger partial charge in [-0.1, -0.05) is 37.3 Å². The molecule has 33 heavy (non-hydrogen) atoms. The first-order chi connectivity index (χ1) is 15.9. The van der Waals surface area contributed by atoms with Gasteiger partial charge in [0.05, 0.1) is 6.42 Å². The van der Waals surface area contributed by atoms with Gasteiger partial charge in [-0.05, 0) is 49.1 Å². The summed E-state index contributed by atoms with van der Waals surface area (Å²) in [6.07, 6.45) is 1.58. The minimum absolute atomic E-state index is 0.0261. The van der Waals surface area contributed by atoms with Gasteiger partial charge in [-0.2, -0.15) is 0 Å². The second-order valence-corrected chi connectivity index (χ2v) is 8.30. The van der Waals surface area contributed by atoms with E-state index in [4.69, 9.17) is 0 Å². The number of anilines is 2. The third-order valence-corrected chi connectivity index (χ3v) is 5.96. The molecule has 8 nitrogen and oxygen atoms in total. The number of rotatable bonds is 7. The number of carbonyl (C=O) groups is 3. The lowest BCUT2D eigenvalue weighted by Crippen LogP contribution is -2.43. The van der Waals surface area contributed by atoms with Crippen LogP contribution in [0.3, 0.4) is 0 Å². The van der Waals surface area contributed by atoms with Crippen LogP contribution in [0.2, 0.25) is 0 Å². The molecule has 0 bridgehead atoms. The molecule has 1 saturated heterocycles. The Morgan fingerprint density at radius 3 is 2.36 bits per heavy atom. The van der Waals surface area contributed by atoms with Gasteiger partial charge in [-0.25, -0.2) is 4.79 Å². The molecular formula is C25H32N4O4. The number of nitrogens with one attached hydrogen (secondary N) is 2. The molecule has 1 heterocycles. The molecule has 1 fully saturated rings. The lowest BCUT2D eigenvalue weighted by molar-refractivity contribution is -0.143. The van der Waals surface area contributed by atoms with Crippen LogP contribution in [0.4, 0.5) is 16.2 Å². The monoisotopic (exact) mass is 452 g/mol. The van der Waals surface area contributed by atoms with Crippen molar-refractivity contribution in [2.24, 2.45) is 0 Å². The smallest absolute Gasteiger partial charge is 0.323 e. The predicted octanol–water partition coefficient (Wildman–Crippen LogP) is 3.58. The second kappa shape index (κ2) is 11.5. The average molecular weight is 453 g/mol. The first-order valence-corrected chi connectivity index (χ1v) is 11.3. The molecule has 8 heteroatoms. The summed E-state index contributed by atoms with van der Waals surface area (Å²) in [6.45, 7) is 6.20. The predicted molar refractivity (Wildman–Crippen MR) is 128 cm³/mol. The van der Waals surface area contributed by atoms with Crippen molar-refractivity contribution in [2.45, 2.75) is 39.2 Å². The van der Waals surface area contributed by atoms with Crippen molar-refractivity contribution in [3.05, 3.63) is 59.7 Å². The fourth-order valence-corrected chi connectivity index (χ4v) is 4.08. The normalized spacial score (nSPS) is 15.4. The average Bonchev–Trinajstić information content (AvgIpc) is 3.03. The molecule has 3 N–H and O–H groups in total. The topological polar surface area (TPSA) is 102 Å². The lowest BCUT2D eigenvalue weighted by atomic mass is 10.1. The summed E-state index contributed by atoms with van der Waals surface area (Å²) in [7, 11) is 0. The van der Waals surface area contributed by atoms with Crippen molar-refractivity contribution >= 4 is 29.3 Å². The highest BCUT2D eigenvalue weighted by atomic mass is 16.4. The third-order valence-electron chi connectivity index (χ3n) is 5.96. The van der Waals surface area contributed by atoms with Crippen molar-refractivity contribution in [2.75, 3.05) is 36.8 Å². The summed E-state index contributed by atoms with van der Waals surface area (Å²) in [5.41, 5.74) is 3.23. The zero-order chi connectivity index (χ0) is 23.8. The number of carboxylic acids is 1. The Balaban J connectivity index is 1.51. The van der Waals surface area contributed by atoms with Crippen LogP contribution in [0.15, 0.2) is 48.5 Å². The van der Waals surface area contributed by atoms with Gasteiger partial charge in [0.25, 0.3) is 0 Å². The maximum absolute atomic E-state index is 12.8. The zero-order valence-corrected chi connectivity index (χ0v) is 19.2. The number of carboxylic acid groups (broad SMARTS) is 1. The van der Waals surface area contributed by atoms with Crippen LogP contribution in [0.1, 0.15) is 30.9 Å². The van der Waals surface area contributed by atoms with Crippen LogP contribution in [0.25, 0.3) is 0 Å². The minimum atomic E-state index is -0.807. The second-order valence-electron chi connectivity index (χ2n) is 8.30. The molecule has 3 rings (SSSR count). The fraction of sp³-hybridized carbons (Fsp3) is 0.400. The Bertz CT molecular complexity index is 977. The number of para-hydroxylation sites is 1. The molecule has 0 aromatic heterocycles. The largest absolute Gasteiger partial charge is 0.480 e. The molecular weight excluding hydrogens is 420 g/mol. The van der Waals surface area contributed by atoms with Gasteiger partial charge >= 0.3 is 12.0 Å². The van der Waals surface area contributed by atoms with Gasteiger partial charge in [0.15, 0.2) is 0 Å². The highest BCUT2D eigenvalue weighted by Crippen LogP contribution is 2.16.